The van der Waals surface area contributed by atoms with Crippen LogP contribution in [-0.4, -0.2) is 39.5 Å². The molecule has 1 aromatic heterocycles. The van der Waals surface area contributed by atoms with Gasteiger partial charge in [0.1, 0.15) is 0 Å². The maximum atomic E-state index is 11.6. The van der Waals surface area contributed by atoms with Crippen LogP contribution in [0.1, 0.15) is 31.7 Å². The van der Waals surface area contributed by atoms with Gasteiger partial charge in [-0.3, -0.25) is 9.69 Å². The summed E-state index contributed by atoms with van der Waals surface area (Å²) in [6, 6.07) is 8.88. The number of carbonyl (C=O) groups is 1. The number of imidazole rings is 1. The van der Waals surface area contributed by atoms with Crippen LogP contribution in [0, 0.1) is 0 Å². The van der Waals surface area contributed by atoms with Crippen molar-refractivity contribution in [1.29, 1.82) is 0 Å². The molecule has 1 N–H and O–H groups in total. The predicted molar refractivity (Wildman–Crippen MR) is 90.3 cm³/mol. The Balaban J connectivity index is 1.57. The van der Waals surface area contributed by atoms with E-state index in [-0.39, 0.29) is 5.91 Å². The average Bonchev–Trinajstić information content (AvgIpc) is 3.10. The van der Waals surface area contributed by atoms with Crippen molar-refractivity contribution >= 4 is 5.91 Å². The predicted octanol–water partition coefficient (Wildman–Crippen LogP) is 2.36. The van der Waals surface area contributed by atoms with E-state index in [9.17, 15) is 4.79 Å². The fraction of sp³-hybridized carbons (Fsp3) is 0.444. The van der Waals surface area contributed by atoms with E-state index in [2.05, 4.69) is 39.5 Å². The SMILES string of the molecule is CCC(=O)N[C@H]1CCCN(Cc2ccc(-n3ccnc3)cc2)C1. The van der Waals surface area contributed by atoms with E-state index in [1.807, 2.05) is 17.7 Å². The molecule has 5 nitrogen and oxygen atoms in total. The monoisotopic (exact) mass is 312 g/mol. The number of carbonyl (C=O) groups excluding carboxylic acids is 1. The highest BCUT2D eigenvalue weighted by Crippen LogP contribution is 2.15. The lowest BCUT2D eigenvalue weighted by Crippen LogP contribution is -2.47. The summed E-state index contributed by atoms with van der Waals surface area (Å²) in [6.07, 6.45) is 8.32. The van der Waals surface area contributed by atoms with Gasteiger partial charge >= 0.3 is 0 Å². The van der Waals surface area contributed by atoms with Crippen LogP contribution in [0.3, 0.4) is 0 Å². The fourth-order valence-corrected chi connectivity index (χ4v) is 3.09. The van der Waals surface area contributed by atoms with Crippen molar-refractivity contribution in [1.82, 2.24) is 19.8 Å². The standard InChI is InChI=1S/C18H24N4O/c1-2-18(23)20-16-4-3-10-21(13-16)12-15-5-7-17(8-6-15)22-11-9-19-14-22/h5-9,11,14,16H,2-4,10,12-13H2,1H3,(H,20,23)/t16-/m0/s1. The van der Waals surface area contributed by atoms with Gasteiger partial charge in [0.15, 0.2) is 0 Å². The molecule has 1 saturated heterocycles. The molecule has 1 aromatic carbocycles. The van der Waals surface area contributed by atoms with Gasteiger partial charge in [0, 0.05) is 43.6 Å². The average molecular weight is 312 g/mol. The number of hydrogen-bond acceptors (Lipinski definition) is 3. The summed E-state index contributed by atoms with van der Waals surface area (Å²) in [4.78, 5) is 18.1. The molecule has 1 aliphatic rings. The lowest BCUT2D eigenvalue weighted by atomic mass is 10.0. The van der Waals surface area contributed by atoms with E-state index in [1.54, 1.807) is 12.5 Å². The first-order chi connectivity index (χ1) is 11.2. The molecule has 2 aromatic rings. The Morgan fingerprint density at radius 3 is 2.87 bits per heavy atom. The molecule has 5 heteroatoms. The number of hydrogen-bond donors (Lipinski definition) is 1. The highest BCUT2D eigenvalue weighted by molar-refractivity contribution is 5.75. The molecule has 0 radical (unpaired) electrons. The van der Waals surface area contributed by atoms with Crippen molar-refractivity contribution in [2.75, 3.05) is 13.1 Å². The molecule has 1 aliphatic heterocycles. The summed E-state index contributed by atoms with van der Waals surface area (Å²) in [5.74, 6) is 0.154. The van der Waals surface area contributed by atoms with E-state index in [0.717, 1.165) is 38.2 Å². The summed E-state index contributed by atoms with van der Waals surface area (Å²) in [7, 11) is 0. The lowest BCUT2D eigenvalue weighted by Gasteiger charge is -2.33. The molecule has 23 heavy (non-hydrogen) atoms. The molecule has 3 rings (SSSR count). The van der Waals surface area contributed by atoms with Gasteiger partial charge in [-0.15, -0.1) is 0 Å². The Kier molecular flexibility index (Phi) is 5.08. The second-order valence-corrected chi connectivity index (χ2v) is 6.13. The van der Waals surface area contributed by atoms with Crippen molar-refractivity contribution in [3.8, 4) is 5.69 Å². The summed E-state index contributed by atoms with van der Waals surface area (Å²) < 4.78 is 2.00. The molecule has 0 unspecified atom stereocenters. The molecule has 1 fully saturated rings. The first kappa shape index (κ1) is 15.7. The van der Waals surface area contributed by atoms with Gasteiger partial charge in [0.05, 0.1) is 6.33 Å². The zero-order valence-electron chi connectivity index (χ0n) is 13.6. The van der Waals surface area contributed by atoms with Crippen LogP contribution < -0.4 is 5.32 Å². The fourth-order valence-electron chi connectivity index (χ4n) is 3.09. The van der Waals surface area contributed by atoms with Crippen LogP contribution in [0.2, 0.25) is 0 Å². The Morgan fingerprint density at radius 1 is 1.35 bits per heavy atom. The number of benzene rings is 1. The van der Waals surface area contributed by atoms with Crippen LogP contribution >= 0.6 is 0 Å². The van der Waals surface area contributed by atoms with Crippen molar-refractivity contribution in [3.63, 3.8) is 0 Å². The molecule has 0 saturated carbocycles. The topological polar surface area (TPSA) is 50.2 Å². The van der Waals surface area contributed by atoms with Crippen molar-refractivity contribution in [2.24, 2.45) is 0 Å². The van der Waals surface area contributed by atoms with Gasteiger partial charge in [0.25, 0.3) is 0 Å². The number of nitrogens with zero attached hydrogens (tertiary/aromatic N) is 3. The minimum absolute atomic E-state index is 0.154. The number of aromatic nitrogens is 2. The zero-order chi connectivity index (χ0) is 16.1. The van der Waals surface area contributed by atoms with E-state index < -0.39 is 0 Å². The summed E-state index contributed by atoms with van der Waals surface area (Å²) in [5, 5.41) is 3.12. The zero-order valence-corrected chi connectivity index (χ0v) is 13.6. The van der Waals surface area contributed by atoms with Gasteiger partial charge in [-0.1, -0.05) is 19.1 Å². The Bertz CT molecular complexity index is 621. The quantitative estimate of drug-likeness (QED) is 0.922. The largest absolute Gasteiger partial charge is 0.352 e. The third-order valence-electron chi connectivity index (χ3n) is 4.34. The van der Waals surface area contributed by atoms with Gasteiger partial charge in [-0.05, 0) is 37.1 Å². The molecule has 0 bridgehead atoms. The van der Waals surface area contributed by atoms with Gasteiger partial charge < -0.3 is 9.88 Å². The number of piperidine rings is 1. The molecule has 1 amide bonds. The highest BCUT2D eigenvalue weighted by Gasteiger charge is 2.20. The van der Waals surface area contributed by atoms with Crippen LogP contribution in [0.15, 0.2) is 43.0 Å². The second kappa shape index (κ2) is 7.42. The second-order valence-electron chi connectivity index (χ2n) is 6.13. The first-order valence-corrected chi connectivity index (χ1v) is 8.33. The molecule has 122 valence electrons. The maximum Gasteiger partial charge on any atom is 0.219 e. The van der Waals surface area contributed by atoms with E-state index in [0.29, 0.717) is 12.5 Å². The maximum absolute atomic E-state index is 11.6. The van der Waals surface area contributed by atoms with Gasteiger partial charge in [-0.2, -0.15) is 0 Å². The summed E-state index contributed by atoms with van der Waals surface area (Å²) in [5.41, 5.74) is 2.43. The minimum atomic E-state index is 0.154. The number of likely N-dealkylation sites (tertiary alicyclic amines) is 1. The number of nitrogens with one attached hydrogen (secondary N) is 1. The Labute approximate surface area is 137 Å². The van der Waals surface area contributed by atoms with Crippen molar-refractivity contribution in [2.45, 2.75) is 38.8 Å². The van der Waals surface area contributed by atoms with Gasteiger partial charge in [-0.25, -0.2) is 4.98 Å². The summed E-state index contributed by atoms with van der Waals surface area (Å²) in [6.45, 7) is 4.87. The normalized spacial score (nSPS) is 18.7. The van der Waals surface area contributed by atoms with Crippen molar-refractivity contribution in [3.05, 3.63) is 48.5 Å². The third-order valence-corrected chi connectivity index (χ3v) is 4.34. The van der Waals surface area contributed by atoms with Crippen LogP contribution in [0.25, 0.3) is 5.69 Å². The smallest absolute Gasteiger partial charge is 0.219 e. The van der Waals surface area contributed by atoms with Crippen LogP contribution in [-0.2, 0) is 11.3 Å². The van der Waals surface area contributed by atoms with Crippen molar-refractivity contribution < 1.29 is 4.79 Å². The Hall–Kier alpha value is -2.14. The van der Waals surface area contributed by atoms with E-state index in [1.165, 1.54) is 5.56 Å². The van der Waals surface area contributed by atoms with Crippen LogP contribution in [0.5, 0.6) is 0 Å². The molecule has 0 aliphatic carbocycles. The van der Waals surface area contributed by atoms with E-state index >= 15 is 0 Å². The number of amides is 1. The van der Waals surface area contributed by atoms with Gasteiger partial charge in [0.2, 0.25) is 5.91 Å². The third kappa shape index (κ3) is 4.20. The molecule has 0 spiro atoms. The summed E-state index contributed by atoms with van der Waals surface area (Å²) >= 11 is 0. The van der Waals surface area contributed by atoms with E-state index in [4.69, 9.17) is 0 Å². The molecular weight excluding hydrogens is 288 g/mol. The Morgan fingerprint density at radius 2 is 2.17 bits per heavy atom. The minimum Gasteiger partial charge on any atom is -0.352 e. The first-order valence-electron chi connectivity index (χ1n) is 8.33. The molecule has 1 atom stereocenters. The number of rotatable bonds is 5. The molecule has 2 heterocycles. The molecular formula is C18H24N4O. The van der Waals surface area contributed by atoms with Crippen LogP contribution in [0.4, 0.5) is 0 Å². The lowest BCUT2D eigenvalue weighted by molar-refractivity contribution is -0.121. The highest BCUT2D eigenvalue weighted by atomic mass is 16.1.